The molecule has 24 heavy (non-hydrogen) atoms. The number of rotatable bonds is 8. The van der Waals surface area contributed by atoms with E-state index in [9.17, 15) is 13.2 Å². The topological polar surface area (TPSA) is 21.3 Å². The lowest BCUT2D eigenvalue weighted by Gasteiger charge is -2.10. The fourth-order valence-corrected chi connectivity index (χ4v) is 2.33. The number of benzene rings is 2. The van der Waals surface area contributed by atoms with Gasteiger partial charge in [-0.1, -0.05) is 37.3 Å². The summed E-state index contributed by atoms with van der Waals surface area (Å²) < 4.78 is 43.6. The Morgan fingerprint density at radius 3 is 2.50 bits per heavy atom. The fourth-order valence-electron chi connectivity index (χ4n) is 2.33. The summed E-state index contributed by atoms with van der Waals surface area (Å²) in [7, 11) is 0. The number of hydrogen-bond donors (Lipinski definition) is 1. The Balaban J connectivity index is 1.81. The van der Waals surface area contributed by atoms with E-state index in [4.69, 9.17) is 4.74 Å². The molecule has 2 aromatic rings. The highest BCUT2D eigenvalue weighted by Crippen LogP contribution is 2.29. The molecule has 0 aliphatic carbocycles. The van der Waals surface area contributed by atoms with E-state index >= 15 is 0 Å². The van der Waals surface area contributed by atoms with E-state index in [1.54, 1.807) is 6.07 Å². The summed E-state index contributed by atoms with van der Waals surface area (Å²) in [5, 5.41) is 3.25. The molecular weight excluding hydrogens is 315 g/mol. The lowest BCUT2D eigenvalue weighted by Crippen LogP contribution is -2.17. The predicted octanol–water partition coefficient (Wildman–Crippen LogP) is 4.83. The second-order valence-corrected chi connectivity index (χ2v) is 5.62. The highest BCUT2D eigenvalue weighted by atomic mass is 19.4. The summed E-state index contributed by atoms with van der Waals surface area (Å²) in [6.45, 7) is 4.01. The van der Waals surface area contributed by atoms with Gasteiger partial charge in [0.25, 0.3) is 0 Å². The molecule has 0 spiro atoms. The molecule has 0 atom stereocenters. The van der Waals surface area contributed by atoms with Gasteiger partial charge in [-0.25, -0.2) is 0 Å². The van der Waals surface area contributed by atoms with Crippen LogP contribution in [0.4, 0.5) is 13.2 Å². The monoisotopic (exact) mass is 337 g/mol. The lowest BCUT2D eigenvalue weighted by atomic mass is 10.1. The van der Waals surface area contributed by atoms with E-state index in [2.05, 4.69) is 12.2 Å². The molecule has 0 heterocycles. The van der Waals surface area contributed by atoms with Gasteiger partial charge in [-0.3, -0.25) is 0 Å². The summed E-state index contributed by atoms with van der Waals surface area (Å²) in [4.78, 5) is 0. The zero-order valence-corrected chi connectivity index (χ0v) is 13.7. The Morgan fingerprint density at radius 1 is 1.00 bits per heavy atom. The number of nitrogens with one attached hydrogen (secondary N) is 1. The second kappa shape index (κ2) is 8.73. The maximum absolute atomic E-state index is 12.7. The van der Waals surface area contributed by atoms with Crippen LogP contribution in [0, 0.1) is 0 Å². The maximum atomic E-state index is 12.7. The summed E-state index contributed by atoms with van der Waals surface area (Å²) >= 11 is 0. The molecule has 0 bridgehead atoms. The van der Waals surface area contributed by atoms with Crippen LogP contribution in [0.15, 0.2) is 48.5 Å². The van der Waals surface area contributed by atoms with Gasteiger partial charge in [0.2, 0.25) is 0 Å². The molecule has 0 fully saturated rings. The van der Waals surface area contributed by atoms with Gasteiger partial charge in [-0.15, -0.1) is 0 Å². The van der Waals surface area contributed by atoms with Gasteiger partial charge < -0.3 is 10.1 Å². The predicted molar refractivity (Wildman–Crippen MR) is 89.1 cm³/mol. The average Bonchev–Trinajstić information content (AvgIpc) is 2.57. The Hall–Kier alpha value is -2.01. The molecule has 2 aromatic carbocycles. The molecule has 2 rings (SSSR count). The molecule has 0 aliphatic heterocycles. The largest absolute Gasteiger partial charge is 0.494 e. The summed E-state index contributed by atoms with van der Waals surface area (Å²) in [5.41, 5.74) is 1.17. The molecule has 0 amide bonds. The van der Waals surface area contributed by atoms with E-state index in [0.717, 1.165) is 23.8 Å². The number of alkyl halides is 3. The lowest BCUT2D eigenvalue weighted by molar-refractivity contribution is -0.137. The summed E-state index contributed by atoms with van der Waals surface area (Å²) in [6.07, 6.45) is -2.78. The first-order valence-corrected chi connectivity index (χ1v) is 8.07. The van der Waals surface area contributed by atoms with Crippen LogP contribution in [0.5, 0.6) is 5.75 Å². The van der Waals surface area contributed by atoms with Crippen LogP contribution in [0.2, 0.25) is 0 Å². The van der Waals surface area contributed by atoms with Crippen molar-refractivity contribution in [3.05, 3.63) is 65.2 Å². The van der Waals surface area contributed by atoms with Gasteiger partial charge in [-0.2, -0.15) is 13.2 Å². The first-order chi connectivity index (χ1) is 11.5. The highest BCUT2D eigenvalue weighted by Gasteiger charge is 2.30. The Morgan fingerprint density at radius 2 is 1.75 bits per heavy atom. The number of halogens is 3. The van der Waals surface area contributed by atoms with Crippen molar-refractivity contribution in [1.82, 2.24) is 5.32 Å². The van der Waals surface area contributed by atoms with Crippen LogP contribution in [-0.4, -0.2) is 13.2 Å². The Kier molecular flexibility index (Phi) is 6.67. The SMILES string of the molecule is CCCOc1cccc(CNCCc2cccc(C(F)(F)F)c2)c1. The third-order valence-corrected chi connectivity index (χ3v) is 3.55. The van der Waals surface area contributed by atoms with E-state index in [-0.39, 0.29) is 0 Å². The fraction of sp³-hybridized carbons (Fsp3) is 0.368. The zero-order valence-electron chi connectivity index (χ0n) is 13.7. The van der Waals surface area contributed by atoms with Crippen LogP contribution < -0.4 is 10.1 Å². The molecule has 2 nitrogen and oxygen atoms in total. The van der Waals surface area contributed by atoms with E-state index in [1.165, 1.54) is 12.1 Å². The minimum atomic E-state index is -4.29. The van der Waals surface area contributed by atoms with Gasteiger partial charge >= 0.3 is 6.18 Å². The minimum Gasteiger partial charge on any atom is -0.494 e. The van der Waals surface area contributed by atoms with Gasteiger partial charge in [-0.05, 0) is 48.7 Å². The average molecular weight is 337 g/mol. The highest BCUT2D eigenvalue weighted by molar-refractivity contribution is 5.28. The quantitative estimate of drug-likeness (QED) is 0.697. The first kappa shape index (κ1) is 18.3. The molecule has 130 valence electrons. The van der Waals surface area contributed by atoms with Gasteiger partial charge in [0.05, 0.1) is 12.2 Å². The molecule has 0 aliphatic rings. The third-order valence-electron chi connectivity index (χ3n) is 3.55. The van der Waals surface area contributed by atoms with Crippen LogP contribution in [-0.2, 0) is 19.1 Å². The molecule has 5 heteroatoms. The normalized spacial score (nSPS) is 11.5. The minimum absolute atomic E-state index is 0.552. The Labute approximate surface area is 140 Å². The van der Waals surface area contributed by atoms with Crippen molar-refractivity contribution < 1.29 is 17.9 Å². The molecule has 1 N–H and O–H groups in total. The molecule has 0 saturated heterocycles. The molecule has 0 saturated carbocycles. The zero-order chi connectivity index (χ0) is 17.4. The van der Waals surface area contributed by atoms with Crippen molar-refractivity contribution >= 4 is 0 Å². The van der Waals surface area contributed by atoms with Crippen LogP contribution in [0.3, 0.4) is 0 Å². The standard InChI is InChI=1S/C19H22F3NO/c1-2-11-24-18-8-4-6-16(13-18)14-23-10-9-15-5-3-7-17(12-15)19(20,21)22/h3-8,12-13,23H,2,9-11,14H2,1H3. The van der Waals surface area contributed by atoms with Gasteiger partial charge in [0.1, 0.15) is 5.75 Å². The third kappa shape index (κ3) is 5.89. The van der Waals surface area contributed by atoms with Crippen molar-refractivity contribution in [2.45, 2.75) is 32.5 Å². The number of ether oxygens (including phenoxy) is 1. The van der Waals surface area contributed by atoms with Crippen LogP contribution >= 0.6 is 0 Å². The van der Waals surface area contributed by atoms with Crippen molar-refractivity contribution in [2.24, 2.45) is 0 Å². The van der Waals surface area contributed by atoms with E-state index in [1.807, 2.05) is 24.3 Å². The second-order valence-electron chi connectivity index (χ2n) is 5.62. The number of hydrogen-bond acceptors (Lipinski definition) is 2. The summed E-state index contributed by atoms with van der Waals surface area (Å²) in [6, 6.07) is 13.3. The molecule has 0 unspecified atom stereocenters. The Bertz CT molecular complexity index is 641. The summed E-state index contributed by atoms with van der Waals surface area (Å²) in [5.74, 6) is 0.842. The first-order valence-electron chi connectivity index (χ1n) is 8.07. The van der Waals surface area contributed by atoms with Crippen molar-refractivity contribution in [1.29, 1.82) is 0 Å². The molecular formula is C19H22F3NO. The molecule has 0 radical (unpaired) electrons. The maximum Gasteiger partial charge on any atom is 0.416 e. The van der Waals surface area contributed by atoms with Crippen LogP contribution in [0.1, 0.15) is 30.0 Å². The van der Waals surface area contributed by atoms with Gasteiger partial charge in [0, 0.05) is 6.54 Å². The molecule has 0 aromatic heterocycles. The van der Waals surface area contributed by atoms with E-state index < -0.39 is 11.7 Å². The van der Waals surface area contributed by atoms with Crippen molar-refractivity contribution in [3.8, 4) is 5.75 Å². The van der Waals surface area contributed by atoms with Crippen molar-refractivity contribution in [3.63, 3.8) is 0 Å². The van der Waals surface area contributed by atoms with E-state index in [0.29, 0.717) is 31.7 Å². The van der Waals surface area contributed by atoms with Crippen molar-refractivity contribution in [2.75, 3.05) is 13.2 Å². The van der Waals surface area contributed by atoms with Crippen LogP contribution in [0.25, 0.3) is 0 Å². The smallest absolute Gasteiger partial charge is 0.416 e. The van der Waals surface area contributed by atoms with Gasteiger partial charge in [0.15, 0.2) is 0 Å².